The first-order valence-electron chi connectivity index (χ1n) is 7.83. The van der Waals surface area contributed by atoms with Crippen molar-refractivity contribution in [3.63, 3.8) is 0 Å². The zero-order chi connectivity index (χ0) is 17.8. The fourth-order valence-corrected chi connectivity index (χ4v) is 2.87. The van der Waals surface area contributed by atoms with Crippen LogP contribution in [0, 0.1) is 0 Å². The number of carbonyl (C=O) groups excluding carboxylic acids is 1. The zero-order valence-electron chi connectivity index (χ0n) is 13.7. The van der Waals surface area contributed by atoms with E-state index in [0.717, 1.165) is 5.56 Å². The van der Waals surface area contributed by atoms with Crippen molar-refractivity contribution in [2.24, 2.45) is 0 Å². The van der Waals surface area contributed by atoms with E-state index in [9.17, 15) is 9.59 Å². The van der Waals surface area contributed by atoms with Crippen LogP contribution < -0.4 is 5.32 Å². The fraction of sp³-hybridized carbons (Fsp3) is 0.375. The van der Waals surface area contributed by atoms with E-state index in [0.29, 0.717) is 25.3 Å². The van der Waals surface area contributed by atoms with Gasteiger partial charge in [-0.25, -0.2) is 14.6 Å². The minimum atomic E-state index is -0.979. The number of carboxylic acid groups (broad SMARTS) is 1. The van der Waals surface area contributed by atoms with Gasteiger partial charge in [0.25, 0.3) is 0 Å². The number of aromatic nitrogens is 3. The van der Waals surface area contributed by atoms with Crippen molar-refractivity contribution in [3.8, 4) is 0 Å². The van der Waals surface area contributed by atoms with Crippen LogP contribution in [0.4, 0.5) is 4.79 Å². The highest BCUT2D eigenvalue weighted by Gasteiger charge is 2.37. The first-order valence-corrected chi connectivity index (χ1v) is 7.83. The van der Waals surface area contributed by atoms with Crippen molar-refractivity contribution in [2.75, 3.05) is 13.7 Å². The normalized spacial score (nSPS) is 19.8. The molecule has 132 valence electrons. The molecule has 0 bridgehead atoms. The minimum Gasteiger partial charge on any atom is -0.478 e. The van der Waals surface area contributed by atoms with Crippen LogP contribution in [0.2, 0.25) is 0 Å². The number of carboxylic acids is 1. The fourth-order valence-electron chi connectivity index (χ4n) is 2.87. The third-order valence-corrected chi connectivity index (χ3v) is 4.25. The van der Waals surface area contributed by atoms with Crippen LogP contribution in [0.5, 0.6) is 0 Å². The molecule has 1 fully saturated rings. The highest BCUT2D eigenvalue weighted by molar-refractivity contribution is 5.87. The lowest BCUT2D eigenvalue weighted by Gasteiger charge is -2.23. The zero-order valence-corrected chi connectivity index (χ0v) is 13.7. The Bertz CT molecular complexity index is 731. The number of hydrogen-bond acceptors (Lipinski definition) is 5. The van der Waals surface area contributed by atoms with Gasteiger partial charge < -0.3 is 20.1 Å². The van der Waals surface area contributed by atoms with Crippen LogP contribution in [0.25, 0.3) is 0 Å². The summed E-state index contributed by atoms with van der Waals surface area (Å²) >= 11 is 0. The van der Waals surface area contributed by atoms with Crippen LogP contribution in [0.15, 0.2) is 30.6 Å². The molecule has 1 aromatic carbocycles. The summed E-state index contributed by atoms with van der Waals surface area (Å²) < 4.78 is 5.38. The van der Waals surface area contributed by atoms with Gasteiger partial charge in [-0.15, -0.1) is 0 Å². The van der Waals surface area contributed by atoms with E-state index in [-0.39, 0.29) is 23.7 Å². The summed E-state index contributed by atoms with van der Waals surface area (Å²) in [5.74, 6) is -0.353. The Morgan fingerprint density at radius 3 is 2.76 bits per heavy atom. The van der Waals surface area contributed by atoms with Gasteiger partial charge in [0.05, 0.1) is 17.7 Å². The maximum absolute atomic E-state index is 12.6. The monoisotopic (exact) mass is 345 g/mol. The molecule has 3 N–H and O–H groups in total. The maximum Gasteiger partial charge on any atom is 0.335 e. The van der Waals surface area contributed by atoms with Crippen molar-refractivity contribution in [3.05, 3.63) is 47.5 Å². The van der Waals surface area contributed by atoms with Crippen LogP contribution in [-0.4, -0.2) is 56.9 Å². The number of nitrogens with zero attached hydrogens (tertiary/aromatic N) is 3. The van der Waals surface area contributed by atoms with Crippen molar-refractivity contribution in [2.45, 2.75) is 25.1 Å². The molecule has 2 aromatic rings. The van der Waals surface area contributed by atoms with Crippen molar-refractivity contribution < 1.29 is 19.4 Å². The smallest absolute Gasteiger partial charge is 0.335 e. The molecule has 0 aliphatic carbocycles. The van der Waals surface area contributed by atoms with Crippen LogP contribution in [0.1, 0.15) is 34.2 Å². The molecule has 1 aliphatic rings. The Morgan fingerprint density at radius 1 is 1.40 bits per heavy atom. The van der Waals surface area contributed by atoms with Gasteiger partial charge in [-0.05, 0) is 17.7 Å². The van der Waals surface area contributed by atoms with E-state index in [1.165, 1.54) is 18.5 Å². The van der Waals surface area contributed by atoms with Gasteiger partial charge in [0.2, 0.25) is 0 Å². The molecular formula is C16H19N5O4. The lowest BCUT2D eigenvalue weighted by molar-refractivity contribution is 0.0697. The number of urea groups is 1. The summed E-state index contributed by atoms with van der Waals surface area (Å²) in [5, 5.41) is 18.4. The van der Waals surface area contributed by atoms with Crippen LogP contribution in [0.3, 0.4) is 0 Å². The molecule has 0 radical (unpaired) electrons. The number of methoxy groups -OCH3 is 1. The number of benzene rings is 1. The standard InChI is InChI=1S/C16H19N5O4/c1-25-12-6-13(14-18-9-19-20-14)21(8-12)16(24)17-7-10-2-4-11(5-3-10)15(22)23/h2-5,9,12-13H,6-8H2,1H3,(H,17,24)(H,22,23)(H,18,19,20)/t12-,13+/m1/s1. The second-order valence-corrected chi connectivity index (χ2v) is 5.79. The summed E-state index contributed by atoms with van der Waals surface area (Å²) in [6, 6.07) is 5.93. The molecule has 1 aromatic heterocycles. The van der Waals surface area contributed by atoms with E-state index in [4.69, 9.17) is 9.84 Å². The summed E-state index contributed by atoms with van der Waals surface area (Å²) in [7, 11) is 1.62. The quantitative estimate of drug-likeness (QED) is 0.748. The molecule has 9 heteroatoms. The van der Waals surface area contributed by atoms with E-state index in [1.807, 2.05) is 0 Å². The Labute approximate surface area is 144 Å². The number of carbonyl (C=O) groups is 2. The Kier molecular flexibility index (Phi) is 4.94. The number of rotatable bonds is 5. The topological polar surface area (TPSA) is 120 Å². The number of H-pyrrole nitrogens is 1. The molecule has 0 saturated carbocycles. The number of nitrogens with one attached hydrogen (secondary N) is 2. The lowest BCUT2D eigenvalue weighted by Crippen LogP contribution is -2.40. The predicted molar refractivity (Wildman–Crippen MR) is 86.9 cm³/mol. The van der Waals surface area contributed by atoms with Crippen molar-refractivity contribution in [1.82, 2.24) is 25.4 Å². The number of aromatic carboxylic acids is 1. The third-order valence-electron chi connectivity index (χ3n) is 4.25. The Hall–Kier alpha value is -2.94. The van der Waals surface area contributed by atoms with E-state index in [1.54, 1.807) is 24.1 Å². The second kappa shape index (κ2) is 7.31. The molecular weight excluding hydrogens is 326 g/mol. The van der Waals surface area contributed by atoms with E-state index >= 15 is 0 Å². The number of amides is 2. The Morgan fingerprint density at radius 2 is 2.16 bits per heavy atom. The molecule has 0 unspecified atom stereocenters. The van der Waals surface area contributed by atoms with Crippen molar-refractivity contribution >= 4 is 12.0 Å². The largest absolute Gasteiger partial charge is 0.478 e. The second-order valence-electron chi connectivity index (χ2n) is 5.79. The maximum atomic E-state index is 12.6. The van der Waals surface area contributed by atoms with Gasteiger partial charge in [-0.1, -0.05) is 12.1 Å². The first kappa shape index (κ1) is 16.9. The third kappa shape index (κ3) is 3.77. The van der Waals surface area contributed by atoms with Gasteiger partial charge in [0.15, 0.2) is 0 Å². The highest BCUT2D eigenvalue weighted by Crippen LogP contribution is 2.31. The summed E-state index contributed by atoms with van der Waals surface area (Å²) in [4.78, 5) is 29.2. The van der Waals surface area contributed by atoms with E-state index < -0.39 is 5.97 Å². The van der Waals surface area contributed by atoms with Crippen molar-refractivity contribution in [1.29, 1.82) is 0 Å². The number of likely N-dealkylation sites (tertiary alicyclic amines) is 1. The highest BCUT2D eigenvalue weighted by atomic mass is 16.5. The summed E-state index contributed by atoms with van der Waals surface area (Å²) in [6.45, 7) is 0.766. The van der Waals surface area contributed by atoms with Crippen LogP contribution >= 0.6 is 0 Å². The molecule has 1 saturated heterocycles. The molecule has 2 atom stereocenters. The summed E-state index contributed by atoms with van der Waals surface area (Å²) in [6.07, 6.45) is 2.00. The average molecular weight is 345 g/mol. The number of ether oxygens (including phenoxy) is 1. The van der Waals surface area contributed by atoms with Gasteiger partial charge in [-0.3, -0.25) is 5.10 Å². The number of hydrogen-bond donors (Lipinski definition) is 3. The van der Waals surface area contributed by atoms with Gasteiger partial charge in [-0.2, -0.15) is 5.10 Å². The molecule has 2 amide bonds. The van der Waals surface area contributed by atoms with E-state index in [2.05, 4.69) is 20.5 Å². The first-order chi connectivity index (χ1) is 12.1. The molecule has 3 rings (SSSR count). The summed E-state index contributed by atoms with van der Waals surface area (Å²) in [5.41, 5.74) is 1.03. The molecule has 2 heterocycles. The van der Waals surface area contributed by atoms with Crippen LogP contribution in [-0.2, 0) is 11.3 Å². The Balaban J connectivity index is 1.64. The molecule has 25 heavy (non-hydrogen) atoms. The average Bonchev–Trinajstić information content (AvgIpc) is 3.28. The van der Waals surface area contributed by atoms with Gasteiger partial charge >= 0.3 is 12.0 Å². The van der Waals surface area contributed by atoms with Gasteiger partial charge in [0, 0.05) is 26.6 Å². The number of aromatic amines is 1. The SMILES string of the molecule is CO[C@@H]1C[C@@H](c2ncn[nH]2)N(C(=O)NCc2ccc(C(=O)O)cc2)C1. The van der Waals surface area contributed by atoms with Gasteiger partial charge in [0.1, 0.15) is 12.2 Å². The molecule has 9 nitrogen and oxygen atoms in total. The molecule has 1 aliphatic heterocycles. The minimum absolute atomic E-state index is 0.0595. The molecule has 0 spiro atoms. The predicted octanol–water partition coefficient (Wildman–Crippen LogP) is 1.17. The lowest BCUT2D eigenvalue weighted by atomic mass is 10.1.